The second-order valence-corrected chi connectivity index (χ2v) is 4.54. The van der Waals surface area contributed by atoms with E-state index in [1.54, 1.807) is 13.0 Å². The first-order valence-electron chi connectivity index (χ1n) is 7.21. The van der Waals surface area contributed by atoms with Crippen molar-refractivity contribution in [2.24, 2.45) is 0 Å². The summed E-state index contributed by atoms with van der Waals surface area (Å²) < 4.78 is 10.4. The lowest BCUT2D eigenvalue weighted by atomic mass is 10.1. The predicted molar refractivity (Wildman–Crippen MR) is 80.6 cm³/mol. The topological polar surface area (TPSA) is 64.6 Å². The average Bonchev–Trinajstić information content (AvgIpc) is 2.45. The fraction of sp³-hybridized carbons (Fsp3) is 0.500. The molecule has 0 aliphatic rings. The molecule has 0 aliphatic heterocycles. The fourth-order valence-electron chi connectivity index (χ4n) is 1.88. The molecule has 5 nitrogen and oxygen atoms in total. The van der Waals surface area contributed by atoms with Crippen molar-refractivity contribution in [3.05, 3.63) is 29.3 Å². The van der Waals surface area contributed by atoms with E-state index >= 15 is 0 Å². The van der Waals surface area contributed by atoms with Gasteiger partial charge in [0.15, 0.2) is 5.78 Å². The van der Waals surface area contributed by atoms with E-state index < -0.39 is 0 Å². The number of Topliss-reactive ketones (excluding diaryl/α,β-unsaturated/α-hetero) is 1. The summed E-state index contributed by atoms with van der Waals surface area (Å²) in [6, 6.07) is 5.39. The zero-order chi connectivity index (χ0) is 15.7. The smallest absolute Gasteiger partial charge is 0.307 e. The Morgan fingerprint density at radius 1 is 1.19 bits per heavy atom. The number of carbonyl (C=O) groups is 2. The summed E-state index contributed by atoms with van der Waals surface area (Å²) in [7, 11) is 0. The number of hydrogen-bond donors (Lipinski definition) is 1. The van der Waals surface area contributed by atoms with Crippen molar-refractivity contribution < 1.29 is 19.1 Å². The summed E-state index contributed by atoms with van der Waals surface area (Å²) in [6.45, 7) is 7.26. The van der Waals surface area contributed by atoms with Crippen LogP contribution in [0.25, 0.3) is 0 Å². The molecule has 0 aromatic heterocycles. The minimum Gasteiger partial charge on any atom is -0.494 e. The molecule has 1 aromatic carbocycles. The number of rotatable bonds is 9. The molecule has 0 saturated carbocycles. The molecule has 0 heterocycles. The van der Waals surface area contributed by atoms with Gasteiger partial charge in [0.2, 0.25) is 0 Å². The summed E-state index contributed by atoms with van der Waals surface area (Å²) in [4.78, 5) is 22.7. The van der Waals surface area contributed by atoms with Crippen LogP contribution in [-0.2, 0) is 16.1 Å². The Morgan fingerprint density at radius 3 is 2.57 bits per heavy atom. The summed E-state index contributed by atoms with van der Waals surface area (Å²) in [6.07, 6.45) is 0.324. The number of esters is 1. The Bertz CT molecular complexity index is 485. The fourth-order valence-corrected chi connectivity index (χ4v) is 1.88. The van der Waals surface area contributed by atoms with Gasteiger partial charge in [-0.25, -0.2) is 0 Å². The molecule has 5 heteroatoms. The lowest BCUT2D eigenvalue weighted by molar-refractivity contribution is -0.142. The largest absolute Gasteiger partial charge is 0.494 e. The van der Waals surface area contributed by atoms with Crippen LogP contribution in [0.2, 0.25) is 0 Å². The number of carbonyl (C=O) groups excluding carboxylic acids is 2. The maximum atomic E-state index is 11.4. The molecule has 0 atom stereocenters. The van der Waals surface area contributed by atoms with Crippen LogP contribution in [-0.4, -0.2) is 31.5 Å². The Kier molecular flexibility index (Phi) is 7.46. The molecule has 116 valence electrons. The Hall–Kier alpha value is -1.88. The molecular weight excluding hydrogens is 270 g/mol. The van der Waals surface area contributed by atoms with Crippen LogP contribution in [0.3, 0.4) is 0 Å². The monoisotopic (exact) mass is 293 g/mol. The van der Waals surface area contributed by atoms with Crippen molar-refractivity contribution in [1.29, 1.82) is 0 Å². The lowest BCUT2D eigenvalue weighted by Crippen LogP contribution is -2.19. The van der Waals surface area contributed by atoms with Crippen molar-refractivity contribution in [3.8, 4) is 5.75 Å². The molecule has 0 bridgehead atoms. The van der Waals surface area contributed by atoms with Crippen LogP contribution in [0.15, 0.2) is 18.2 Å². The normalized spacial score (nSPS) is 10.2. The van der Waals surface area contributed by atoms with Crippen molar-refractivity contribution >= 4 is 11.8 Å². The van der Waals surface area contributed by atoms with Crippen molar-refractivity contribution in [2.75, 3.05) is 19.8 Å². The van der Waals surface area contributed by atoms with Gasteiger partial charge in [-0.2, -0.15) is 0 Å². The van der Waals surface area contributed by atoms with E-state index in [9.17, 15) is 9.59 Å². The summed E-state index contributed by atoms with van der Waals surface area (Å²) in [5.74, 6) is 0.560. The second kappa shape index (κ2) is 9.13. The number of hydrogen-bond acceptors (Lipinski definition) is 5. The lowest BCUT2D eigenvalue weighted by Gasteiger charge is -2.12. The van der Waals surface area contributed by atoms with Gasteiger partial charge in [-0.15, -0.1) is 0 Å². The van der Waals surface area contributed by atoms with E-state index in [1.165, 1.54) is 6.92 Å². The van der Waals surface area contributed by atoms with Crippen LogP contribution in [0.4, 0.5) is 0 Å². The molecule has 0 unspecified atom stereocenters. The minimum atomic E-state index is -0.215. The van der Waals surface area contributed by atoms with Gasteiger partial charge in [-0.05, 0) is 39.0 Å². The van der Waals surface area contributed by atoms with Gasteiger partial charge < -0.3 is 14.8 Å². The van der Waals surface area contributed by atoms with Gasteiger partial charge in [-0.1, -0.05) is 0 Å². The maximum absolute atomic E-state index is 11.4. The number of nitrogens with one attached hydrogen (secondary N) is 1. The van der Waals surface area contributed by atoms with E-state index in [1.807, 2.05) is 19.1 Å². The highest BCUT2D eigenvalue weighted by Crippen LogP contribution is 2.20. The van der Waals surface area contributed by atoms with Gasteiger partial charge in [0.05, 0.1) is 19.6 Å². The van der Waals surface area contributed by atoms with Crippen LogP contribution < -0.4 is 10.1 Å². The predicted octanol–water partition coefficient (Wildman–Crippen LogP) is 2.33. The van der Waals surface area contributed by atoms with E-state index in [0.29, 0.717) is 38.3 Å². The quantitative estimate of drug-likeness (QED) is 0.430. The maximum Gasteiger partial charge on any atom is 0.307 e. The molecule has 0 amide bonds. The van der Waals surface area contributed by atoms with Crippen molar-refractivity contribution in [2.45, 2.75) is 33.7 Å². The van der Waals surface area contributed by atoms with Gasteiger partial charge >= 0.3 is 5.97 Å². The first-order chi connectivity index (χ1) is 10.1. The SMILES string of the molecule is CCOC(=O)CCNCc1cc(C(C)=O)ccc1OCC. The molecule has 0 fully saturated rings. The zero-order valence-electron chi connectivity index (χ0n) is 12.9. The summed E-state index contributed by atoms with van der Waals surface area (Å²) >= 11 is 0. The van der Waals surface area contributed by atoms with Crippen LogP contribution >= 0.6 is 0 Å². The molecule has 0 aliphatic carbocycles. The average molecular weight is 293 g/mol. The number of ether oxygens (including phenoxy) is 2. The highest BCUT2D eigenvalue weighted by molar-refractivity contribution is 5.94. The molecule has 1 N–H and O–H groups in total. The van der Waals surface area contributed by atoms with E-state index in [4.69, 9.17) is 9.47 Å². The first-order valence-corrected chi connectivity index (χ1v) is 7.21. The zero-order valence-corrected chi connectivity index (χ0v) is 12.9. The van der Waals surface area contributed by atoms with E-state index in [-0.39, 0.29) is 11.8 Å². The molecule has 0 spiro atoms. The highest BCUT2D eigenvalue weighted by Gasteiger charge is 2.08. The van der Waals surface area contributed by atoms with E-state index in [2.05, 4.69) is 5.32 Å². The van der Waals surface area contributed by atoms with E-state index in [0.717, 1.165) is 11.3 Å². The molecule has 1 rings (SSSR count). The molecule has 0 saturated heterocycles. The van der Waals surface area contributed by atoms with Gasteiger partial charge in [-0.3, -0.25) is 9.59 Å². The van der Waals surface area contributed by atoms with Gasteiger partial charge in [0.25, 0.3) is 0 Å². The second-order valence-electron chi connectivity index (χ2n) is 4.54. The number of benzene rings is 1. The van der Waals surface area contributed by atoms with Crippen LogP contribution in [0, 0.1) is 0 Å². The van der Waals surface area contributed by atoms with Gasteiger partial charge in [0.1, 0.15) is 5.75 Å². The highest BCUT2D eigenvalue weighted by atomic mass is 16.5. The first kappa shape index (κ1) is 17.2. The Morgan fingerprint density at radius 2 is 1.95 bits per heavy atom. The Labute approximate surface area is 125 Å². The van der Waals surface area contributed by atoms with Gasteiger partial charge in [0, 0.05) is 24.2 Å². The third kappa shape index (κ3) is 5.95. The number of ketones is 1. The van der Waals surface area contributed by atoms with Crippen LogP contribution in [0.1, 0.15) is 43.1 Å². The molecular formula is C16H23NO4. The molecule has 0 radical (unpaired) electrons. The van der Waals surface area contributed by atoms with Crippen LogP contribution in [0.5, 0.6) is 5.75 Å². The molecule has 1 aromatic rings. The third-order valence-corrected chi connectivity index (χ3v) is 2.89. The summed E-state index contributed by atoms with van der Waals surface area (Å²) in [5.41, 5.74) is 1.56. The summed E-state index contributed by atoms with van der Waals surface area (Å²) in [5, 5.41) is 3.16. The van der Waals surface area contributed by atoms with Crippen molar-refractivity contribution in [3.63, 3.8) is 0 Å². The van der Waals surface area contributed by atoms with Crippen molar-refractivity contribution in [1.82, 2.24) is 5.32 Å². The standard InChI is InChI=1S/C16H23NO4/c1-4-20-15-7-6-13(12(3)18)10-14(15)11-17-9-8-16(19)21-5-2/h6-7,10,17H,4-5,8-9,11H2,1-3H3. The molecule has 21 heavy (non-hydrogen) atoms. The minimum absolute atomic E-state index is 0.0193. The Balaban J connectivity index is 2.60. The third-order valence-electron chi connectivity index (χ3n) is 2.89.